The van der Waals surface area contributed by atoms with Crippen LogP contribution >= 0.6 is 23.2 Å². The maximum atomic E-state index is 9.74. The zero-order valence-corrected chi connectivity index (χ0v) is 10.0. The standard InChI is InChI=1S/C10H10Cl2O4/c1-14-6-4-5(11)7(8(12)9(6)13)10-15-2-3-16-10/h4,10,13H,2-3H2,1H3. The van der Waals surface area contributed by atoms with Gasteiger partial charge in [-0.15, -0.1) is 0 Å². The van der Waals surface area contributed by atoms with Crippen LogP contribution in [0.1, 0.15) is 11.9 Å². The van der Waals surface area contributed by atoms with Gasteiger partial charge in [-0.2, -0.15) is 0 Å². The van der Waals surface area contributed by atoms with Gasteiger partial charge in [-0.25, -0.2) is 0 Å². The van der Waals surface area contributed by atoms with Gasteiger partial charge in [-0.1, -0.05) is 23.2 Å². The first-order valence-corrected chi connectivity index (χ1v) is 5.38. The van der Waals surface area contributed by atoms with E-state index < -0.39 is 6.29 Å². The van der Waals surface area contributed by atoms with Crippen LogP contribution in [-0.2, 0) is 9.47 Å². The van der Waals surface area contributed by atoms with E-state index in [-0.39, 0.29) is 16.5 Å². The van der Waals surface area contributed by atoms with Gasteiger partial charge in [-0.3, -0.25) is 0 Å². The number of ether oxygens (including phenoxy) is 3. The molecule has 0 spiro atoms. The molecular weight excluding hydrogens is 255 g/mol. The molecule has 1 heterocycles. The van der Waals surface area contributed by atoms with E-state index in [0.717, 1.165) is 0 Å². The minimum absolute atomic E-state index is 0.0938. The van der Waals surface area contributed by atoms with Crippen LogP contribution in [0.4, 0.5) is 0 Å². The van der Waals surface area contributed by atoms with E-state index in [2.05, 4.69) is 0 Å². The Labute approximate surface area is 103 Å². The summed E-state index contributed by atoms with van der Waals surface area (Å²) in [6.07, 6.45) is -0.628. The fourth-order valence-corrected chi connectivity index (χ4v) is 2.11. The monoisotopic (exact) mass is 264 g/mol. The number of phenols is 1. The van der Waals surface area contributed by atoms with Crippen molar-refractivity contribution in [1.82, 2.24) is 0 Å². The van der Waals surface area contributed by atoms with Gasteiger partial charge in [-0.05, 0) is 0 Å². The lowest BCUT2D eigenvalue weighted by Crippen LogP contribution is -2.01. The summed E-state index contributed by atoms with van der Waals surface area (Å²) in [6, 6.07) is 1.48. The highest BCUT2D eigenvalue weighted by Crippen LogP contribution is 2.45. The number of hydrogen-bond acceptors (Lipinski definition) is 4. The molecule has 0 atom stereocenters. The topological polar surface area (TPSA) is 47.9 Å². The van der Waals surface area contributed by atoms with Gasteiger partial charge in [0.05, 0.1) is 30.4 Å². The van der Waals surface area contributed by atoms with Gasteiger partial charge in [0.25, 0.3) is 0 Å². The first kappa shape index (κ1) is 11.8. The Kier molecular flexibility index (Phi) is 3.44. The Hall–Kier alpha value is -0.680. The molecule has 0 aromatic heterocycles. The fraction of sp³-hybridized carbons (Fsp3) is 0.400. The molecule has 1 aromatic rings. The summed E-state index contributed by atoms with van der Waals surface area (Å²) < 4.78 is 15.5. The molecule has 1 saturated heterocycles. The van der Waals surface area contributed by atoms with Crippen LogP contribution in [0, 0.1) is 0 Å². The average molecular weight is 265 g/mol. The SMILES string of the molecule is COc1cc(Cl)c(C2OCCO2)c(Cl)c1O. The van der Waals surface area contributed by atoms with Crippen LogP contribution in [0.25, 0.3) is 0 Å². The number of halogens is 2. The van der Waals surface area contributed by atoms with Crippen LogP contribution in [0.15, 0.2) is 6.07 Å². The summed E-state index contributed by atoms with van der Waals surface area (Å²) in [5.74, 6) is 0.0550. The lowest BCUT2D eigenvalue weighted by molar-refractivity contribution is -0.0440. The molecule has 2 rings (SSSR count). The van der Waals surface area contributed by atoms with E-state index in [1.165, 1.54) is 13.2 Å². The fourth-order valence-electron chi connectivity index (χ4n) is 1.50. The normalized spacial score (nSPS) is 16.7. The molecule has 16 heavy (non-hydrogen) atoms. The summed E-state index contributed by atoms with van der Waals surface area (Å²) in [5.41, 5.74) is 0.430. The van der Waals surface area contributed by atoms with Crippen molar-refractivity contribution in [3.63, 3.8) is 0 Å². The van der Waals surface area contributed by atoms with Crippen molar-refractivity contribution in [1.29, 1.82) is 0 Å². The minimum Gasteiger partial charge on any atom is -0.503 e. The second-order valence-electron chi connectivity index (χ2n) is 3.21. The molecule has 1 aliphatic rings. The molecule has 1 aliphatic heterocycles. The Morgan fingerprint density at radius 3 is 2.56 bits per heavy atom. The van der Waals surface area contributed by atoms with Crippen molar-refractivity contribution in [2.75, 3.05) is 20.3 Å². The summed E-state index contributed by atoms with van der Waals surface area (Å²) in [5, 5.41) is 10.2. The van der Waals surface area contributed by atoms with Crippen LogP contribution in [0.5, 0.6) is 11.5 Å². The molecule has 0 bridgehead atoms. The van der Waals surface area contributed by atoms with E-state index in [1.807, 2.05) is 0 Å². The van der Waals surface area contributed by atoms with E-state index in [0.29, 0.717) is 23.8 Å². The molecule has 6 heteroatoms. The molecule has 1 N–H and O–H groups in total. The smallest absolute Gasteiger partial charge is 0.187 e. The number of benzene rings is 1. The third-order valence-electron chi connectivity index (χ3n) is 2.27. The molecule has 0 saturated carbocycles. The number of rotatable bonds is 2. The van der Waals surface area contributed by atoms with Gasteiger partial charge in [0.1, 0.15) is 0 Å². The Bertz CT molecular complexity index is 402. The van der Waals surface area contributed by atoms with Crippen LogP contribution < -0.4 is 4.74 Å². The first-order valence-electron chi connectivity index (χ1n) is 4.63. The largest absolute Gasteiger partial charge is 0.503 e. The third kappa shape index (κ3) is 1.94. The number of hydrogen-bond donors (Lipinski definition) is 1. The van der Waals surface area contributed by atoms with Crippen molar-refractivity contribution in [3.05, 3.63) is 21.7 Å². The number of aromatic hydroxyl groups is 1. The highest BCUT2D eigenvalue weighted by atomic mass is 35.5. The predicted octanol–water partition coefficient (Wildman–Crippen LogP) is 2.75. The van der Waals surface area contributed by atoms with Crippen LogP contribution in [0.3, 0.4) is 0 Å². The van der Waals surface area contributed by atoms with Gasteiger partial charge in [0.2, 0.25) is 0 Å². The second-order valence-corrected chi connectivity index (χ2v) is 4.00. The highest BCUT2D eigenvalue weighted by molar-refractivity contribution is 6.37. The van der Waals surface area contributed by atoms with Crippen molar-refractivity contribution in [3.8, 4) is 11.5 Å². The highest BCUT2D eigenvalue weighted by Gasteiger charge is 2.27. The maximum Gasteiger partial charge on any atom is 0.187 e. The molecule has 0 radical (unpaired) electrons. The van der Waals surface area contributed by atoms with Crippen molar-refractivity contribution < 1.29 is 19.3 Å². The predicted molar refractivity (Wildman–Crippen MR) is 59.3 cm³/mol. The molecule has 88 valence electrons. The van der Waals surface area contributed by atoms with Gasteiger partial charge < -0.3 is 19.3 Å². The van der Waals surface area contributed by atoms with E-state index in [4.69, 9.17) is 37.4 Å². The molecular formula is C10H10Cl2O4. The maximum absolute atomic E-state index is 9.74. The minimum atomic E-state index is -0.628. The molecule has 1 aromatic carbocycles. The number of phenolic OH excluding ortho intramolecular Hbond substituents is 1. The quantitative estimate of drug-likeness (QED) is 0.893. The molecule has 1 fully saturated rings. The summed E-state index contributed by atoms with van der Waals surface area (Å²) in [4.78, 5) is 0. The van der Waals surface area contributed by atoms with Crippen molar-refractivity contribution >= 4 is 23.2 Å². The first-order chi connectivity index (χ1) is 7.65. The van der Waals surface area contributed by atoms with Crippen LogP contribution in [-0.4, -0.2) is 25.4 Å². The molecule has 0 aliphatic carbocycles. The Morgan fingerprint density at radius 1 is 1.38 bits per heavy atom. The second kappa shape index (κ2) is 4.67. The third-order valence-corrected chi connectivity index (χ3v) is 2.97. The molecule has 0 amide bonds. The summed E-state index contributed by atoms with van der Waals surface area (Å²) >= 11 is 12.0. The molecule has 4 nitrogen and oxygen atoms in total. The summed E-state index contributed by atoms with van der Waals surface area (Å²) in [7, 11) is 1.42. The average Bonchev–Trinajstić information content (AvgIpc) is 2.77. The van der Waals surface area contributed by atoms with Crippen molar-refractivity contribution in [2.24, 2.45) is 0 Å². The lowest BCUT2D eigenvalue weighted by atomic mass is 10.2. The van der Waals surface area contributed by atoms with Crippen LogP contribution in [0.2, 0.25) is 10.0 Å². The summed E-state index contributed by atoms with van der Waals surface area (Å²) in [6.45, 7) is 0.953. The van der Waals surface area contributed by atoms with Crippen molar-refractivity contribution in [2.45, 2.75) is 6.29 Å². The van der Waals surface area contributed by atoms with E-state index in [1.54, 1.807) is 0 Å². The lowest BCUT2D eigenvalue weighted by Gasteiger charge is -2.15. The van der Waals surface area contributed by atoms with Gasteiger partial charge in [0.15, 0.2) is 17.8 Å². The molecule has 0 unspecified atom stereocenters. The Balaban J connectivity index is 2.48. The van der Waals surface area contributed by atoms with E-state index in [9.17, 15) is 5.11 Å². The Morgan fingerprint density at radius 2 is 2.00 bits per heavy atom. The van der Waals surface area contributed by atoms with Gasteiger partial charge >= 0.3 is 0 Å². The zero-order valence-electron chi connectivity index (χ0n) is 8.50. The number of methoxy groups -OCH3 is 1. The van der Waals surface area contributed by atoms with E-state index >= 15 is 0 Å². The zero-order chi connectivity index (χ0) is 11.7. The van der Waals surface area contributed by atoms with Gasteiger partial charge in [0, 0.05) is 11.6 Å².